The molecule has 0 aliphatic carbocycles. The molecule has 0 N–H and O–H groups in total. The molecular weight excluding hydrogens is 247 g/mol. The average Bonchev–Trinajstić information content (AvgIpc) is 2.28. The van der Waals surface area contributed by atoms with E-state index in [4.69, 9.17) is 9.05 Å². The summed E-state index contributed by atoms with van der Waals surface area (Å²) in [6.07, 6.45) is 0. The van der Waals surface area contributed by atoms with Crippen molar-refractivity contribution in [3.8, 4) is 0 Å². The molecule has 0 unspecified atom stereocenters. The molecule has 4 heteroatoms. The van der Waals surface area contributed by atoms with Crippen molar-refractivity contribution in [3.63, 3.8) is 0 Å². The summed E-state index contributed by atoms with van der Waals surface area (Å²) in [6, 6.07) is 7.65. The van der Waals surface area contributed by atoms with E-state index in [1.165, 1.54) is 0 Å². The van der Waals surface area contributed by atoms with Crippen LogP contribution in [0.1, 0.15) is 40.2 Å². The van der Waals surface area contributed by atoms with Gasteiger partial charge in [0.2, 0.25) is 0 Å². The molecule has 1 aromatic rings. The van der Waals surface area contributed by atoms with Gasteiger partial charge in [-0.2, -0.15) is 0 Å². The third-order valence-electron chi connectivity index (χ3n) is 2.61. The molecule has 3 nitrogen and oxygen atoms in total. The van der Waals surface area contributed by atoms with Gasteiger partial charge in [-0.15, -0.1) is 0 Å². The first kappa shape index (κ1) is 15.4. The van der Waals surface area contributed by atoms with Gasteiger partial charge < -0.3 is 9.05 Å². The SMILES string of the molecule is CCOP(=O)(OCC)c1ccccc1C(C)(C)C. The minimum absolute atomic E-state index is 0.0968. The molecule has 0 amide bonds. The fraction of sp³-hybridized carbons (Fsp3) is 0.571. The van der Waals surface area contributed by atoms with Crippen molar-refractivity contribution < 1.29 is 13.6 Å². The Morgan fingerprint density at radius 1 is 1.06 bits per heavy atom. The highest BCUT2D eigenvalue weighted by atomic mass is 31.2. The molecule has 1 aromatic carbocycles. The van der Waals surface area contributed by atoms with Crippen LogP contribution in [0, 0.1) is 0 Å². The molecule has 0 atom stereocenters. The zero-order valence-electron chi connectivity index (χ0n) is 11.9. The Hall–Kier alpha value is -0.630. The lowest BCUT2D eigenvalue weighted by atomic mass is 9.87. The van der Waals surface area contributed by atoms with Gasteiger partial charge in [0.05, 0.1) is 18.5 Å². The Kier molecular flexibility index (Phi) is 5.15. The molecular formula is C14H23O3P. The van der Waals surface area contributed by atoms with Gasteiger partial charge in [0.1, 0.15) is 0 Å². The highest BCUT2D eigenvalue weighted by Gasteiger charge is 2.32. The van der Waals surface area contributed by atoms with Crippen LogP contribution in [0.3, 0.4) is 0 Å². The molecule has 102 valence electrons. The normalized spacial score (nSPS) is 12.7. The second-order valence-corrected chi connectivity index (χ2v) is 7.09. The average molecular weight is 270 g/mol. The van der Waals surface area contributed by atoms with E-state index in [9.17, 15) is 4.57 Å². The molecule has 0 aromatic heterocycles. The van der Waals surface area contributed by atoms with Crippen LogP contribution in [0.25, 0.3) is 0 Å². The van der Waals surface area contributed by atoms with E-state index < -0.39 is 7.60 Å². The molecule has 0 aliphatic heterocycles. The first-order chi connectivity index (χ1) is 8.35. The van der Waals surface area contributed by atoms with Crippen molar-refractivity contribution in [1.29, 1.82) is 0 Å². The summed E-state index contributed by atoms with van der Waals surface area (Å²) in [4.78, 5) is 0. The van der Waals surface area contributed by atoms with E-state index in [0.717, 1.165) is 5.56 Å². The maximum absolute atomic E-state index is 12.8. The summed E-state index contributed by atoms with van der Waals surface area (Å²) < 4.78 is 23.7. The standard InChI is InChI=1S/C14H23O3P/c1-6-16-18(15,17-7-2)13-11-9-8-10-12(13)14(3,4)5/h8-11H,6-7H2,1-5H3. The Bertz CT molecular complexity index is 425. The van der Waals surface area contributed by atoms with Crippen molar-refractivity contribution >= 4 is 12.9 Å². The molecule has 0 bridgehead atoms. The van der Waals surface area contributed by atoms with Crippen molar-refractivity contribution in [2.24, 2.45) is 0 Å². The predicted molar refractivity (Wildman–Crippen MR) is 75.6 cm³/mol. The Morgan fingerprint density at radius 3 is 2.00 bits per heavy atom. The lowest BCUT2D eigenvalue weighted by Gasteiger charge is -2.26. The smallest absolute Gasteiger partial charge is 0.305 e. The van der Waals surface area contributed by atoms with Gasteiger partial charge in [-0.3, -0.25) is 4.57 Å². The lowest BCUT2D eigenvalue weighted by molar-refractivity contribution is 0.229. The molecule has 18 heavy (non-hydrogen) atoms. The maximum Gasteiger partial charge on any atom is 0.361 e. The number of hydrogen-bond acceptors (Lipinski definition) is 3. The first-order valence-corrected chi connectivity index (χ1v) is 7.88. The second-order valence-electron chi connectivity index (χ2n) is 5.10. The van der Waals surface area contributed by atoms with E-state index in [1.807, 2.05) is 38.1 Å². The Labute approximate surface area is 110 Å². The van der Waals surface area contributed by atoms with Crippen LogP contribution < -0.4 is 5.30 Å². The number of rotatable bonds is 5. The van der Waals surface area contributed by atoms with Gasteiger partial charge in [0.25, 0.3) is 0 Å². The fourth-order valence-electron chi connectivity index (χ4n) is 1.86. The van der Waals surface area contributed by atoms with Crippen LogP contribution in [-0.2, 0) is 19.0 Å². The van der Waals surface area contributed by atoms with Crippen LogP contribution >= 0.6 is 7.60 Å². The van der Waals surface area contributed by atoms with Crippen LogP contribution in [0.5, 0.6) is 0 Å². The third-order valence-corrected chi connectivity index (χ3v) is 4.78. The summed E-state index contributed by atoms with van der Waals surface area (Å²) in [5, 5.41) is 0.682. The highest BCUT2D eigenvalue weighted by Crippen LogP contribution is 2.48. The first-order valence-electron chi connectivity index (χ1n) is 6.34. The van der Waals surface area contributed by atoms with E-state index >= 15 is 0 Å². The zero-order valence-corrected chi connectivity index (χ0v) is 12.8. The summed E-state index contributed by atoms with van der Waals surface area (Å²) in [5.74, 6) is 0. The molecule has 0 aliphatic rings. The quantitative estimate of drug-likeness (QED) is 0.762. The van der Waals surface area contributed by atoms with E-state index in [-0.39, 0.29) is 5.41 Å². The molecule has 0 saturated heterocycles. The second kappa shape index (κ2) is 6.01. The van der Waals surface area contributed by atoms with Crippen molar-refractivity contribution in [1.82, 2.24) is 0 Å². The Balaban J connectivity index is 3.33. The van der Waals surface area contributed by atoms with Crippen LogP contribution in [-0.4, -0.2) is 13.2 Å². The molecule has 0 spiro atoms. The van der Waals surface area contributed by atoms with Gasteiger partial charge >= 0.3 is 7.60 Å². The van der Waals surface area contributed by atoms with Gasteiger partial charge in [-0.25, -0.2) is 0 Å². The van der Waals surface area contributed by atoms with Gasteiger partial charge in [-0.05, 0) is 30.9 Å². The molecule has 0 radical (unpaired) electrons. The third kappa shape index (κ3) is 3.44. The van der Waals surface area contributed by atoms with E-state index in [1.54, 1.807) is 0 Å². The van der Waals surface area contributed by atoms with Gasteiger partial charge in [0, 0.05) is 0 Å². The van der Waals surface area contributed by atoms with E-state index in [2.05, 4.69) is 20.8 Å². The number of hydrogen-bond donors (Lipinski definition) is 0. The molecule has 0 heterocycles. The van der Waals surface area contributed by atoms with Crippen LogP contribution in [0.4, 0.5) is 0 Å². The van der Waals surface area contributed by atoms with Gasteiger partial charge in [-0.1, -0.05) is 39.0 Å². The zero-order chi connectivity index (χ0) is 13.8. The largest absolute Gasteiger partial charge is 0.361 e. The molecule has 0 fully saturated rings. The Morgan fingerprint density at radius 2 is 1.56 bits per heavy atom. The minimum Gasteiger partial charge on any atom is -0.305 e. The monoisotopic (exact) mass is 270 g/mol. The van der Waals surface area contributed by atoms with Crippen molar-refractivity contribution in [3.05, 3.63) is 29.8 Å². The van der Waals surface area contributed by atoms with E-state index in [0.29, 0.717) is 18.5 Å². The van der Waals surface area contributed by atoms with Crippen molar-refractivity contribution in [2.75, 3.05) is 13.2 Å². The summed E-state index contributed by atoms with van der Waals surface area (Å²) in [6.45, 7) is 10.7. The summed E-state index contributed by atoms with van der Waals surface area (Å²) in [7, 11) is -3.21. The molecule has 1 rings (SSSR count). The lowest BCUT2D eigenvalue weighted by Crippen LogP contribution is -2.24. The predicted octanol–water partition coefficient (Wildman–Crippen LogP) is 3.88. The summed E-state index contributed by atoms with van der Waals surface area (Å²) in [5.41, 5.74) is 0.913. The maximum atomic E-state index is 12.8. The molecule has 0 saturated carbocycles. The van der Waals surface area contributed by atoms with Gasteiger partial charge in [0.15, 0.2) is 0 Å². The van der Waals surface area contributed by atoms with Crippen molar-refractivity contribution in [2.45, 2.75) is 40.0 Å². The minimum atomic E-state index is -3.21. The number of benzene rings is 1. The highest BCUT2D eigenvalue weighted by molar-refractivity contribution is 7.62. The van der Waals surface area contributed by atoms with Crippen LogP contribution in [0.2, 0.25) is 0 Å². The topological polar surface area (TPSA) is 35.5 Å². The van der Waals surface area contributed by atoms with Crippen LogP contribution in [0.15, 0.2) is 24.3 Å². The summed E-state index contributed by atoms with van der Waals surface area (Å²) >= 11 is 0. The fourth-order valence-corrected chi connectivity index (χ4v) is 3.87.